The second-order valence-corrected chi connectivity index (χ2v) is 4.73. The van der Waals surface area contributed by atoms with Gasteiger partial charge in [-0.2, -0.15) is 0 Å². The number of nitrogens with zero attached hydrogens (tertiary/aromatic N) is 2. The van der Waals surface area contributed by atoms with Gasteiger partial charge in [-0.25, -0.2) is 18.7 Å². The van der Waals surface area contributed by atoms with E-state index in [1.165, 1.54) is 32.7 Å². The van der Waals surface area contributed by atoms with Crippen LogP contribution in [-0.2, 0) is 0 Å². The number of fused-ring (bicyclic) bond motifs is 1. The molecule has 5 nitrogen and oxygen atoms in total. The van der Waals surface area contributed by atoms with Crippen molar-refractivity contribution in [3.05, 3.63) is 48.3 Å². The van der Waals surface area contributed by atoms with E-state index in [9.17, 15) is 8.78 Å². The number of ether oxygens (including phenoxy) is 2. The van der Waals surface area contributed by atoms with E-state index in [4.69, 9.17) is 9.47 Å². The monoisotopic (exact) mass is 317 g/mol. The molecule has 23 heavy (non-hydrogen) atoms. The van der Waals surface area contributed by atoms with Crippen LogP contribution in [-0.4, -0.2) is 24.2 Å². The summed E-state index contributed by atoms with van der Waals surface area (Å²) in [6, 6.07) is 6.56. The van der Waals surface area contributed by atoms with Gasteiger partial charge < -0.3 is 14.8 Å². The number of hydrogen-bond donors (Lipinski definition) is 1. The first-order valence-corrected chi connectivity index (χ1v) is 6.70. The van der Waals surface area contributed by atoms with E-state index < -0.39 is 11.6 Å². The van der Waals surface area contributed by atoms with Crippen molar-refractivity contribution in [3.8, 4) is 11.5 Å². The van der Waals surface area contributed by atoms with Gasteiger partial charge in [-0.15, -0.1) is 0 Å². The molecule has 3 rings (SSSR count). The fourth-order valence-corrected chi connectivity index (χ4v) is 2.25. The van der Waals surface area contributed by atoms with Crippen molar-refractivity contribution >= 4 is 22.4 Å². The van der Waals surface area contributed by atoms with E-state index in [1.807, 2.05) is 0 Å². The summed E-state index contributed by atoms with van der Waals surface area (Å²) in [4.78, 5) is 8.30. The van der Waals surface area contributed by atoms with Crippen LogP contribution in [0.5, 0.6) is 11.5 Å². The molecule has 0 aliphatic carbocycles. The maximum absolute atomic E-state index is 13.3. The lowest BCUT2D eigenvalue weighted by molar-refractivity contribution is 0.356. The van der Waals surface area contributed by atoms with Crippen LogP contribution in [0.3, 0.4) is 0 Å². The minimum Gasteiger partial charge on any atom is -0.493 e. The Bertz CT molecular complexity index is 851. The second kappa shape index (κ2) is 6.04. The maximum Gasteiger partial charge on any atom is 0.162 e. The molecule has 0 amide bonds. The van der Waals surface area contributed by atoms with Crippen LogP contribution in [0.25, 0.3) is 10.9 Å². The summed E-state index contributed by atoms with van der Waals surface area (Å²) in [5.41, 5.74) is 0.856. The van der Waals surface area contributed by atoms with Gasteiger partial charge >= 0.3 is 0 Å². The minimum atomic E-state index is -0.676. The molecule has 2 aromatic carbocycles. The van der Waals surface area contributed by atoms with Gasteiger partial charge in [-0.3, -0.25) is 0 Å². The highest BCUT2D eigenvalue weighted by atomic mass is 19.1. The Labute approximate surface area is 130 Å². The molecule has 0 aliphatic rings. The zero-order chi connectivity index (χ0) is 16.4. The largest absolute Gasteiger partial charge is 0.493 e. The van der Waals surface area contributed by atoms with Gasteiger partial charge in [0.25, 0.3) is 0 Å². The molecule has 0 aliphatic heterocycles. The number of benzene rings is 2. The molecule has 0 spiro atoms. The fourth-order valence-electron chi connectivity index (χ4n) is 2.25. The highest BCUT2D eigenvalue weighted by Gasteiger charge is 2.11. The molecule has 0 saturated carbocycles. The summed E-state index contributed by atoms with van der Waals surface area (Å²) in [6.07, 6.45) is 1.35. The normalized spacial score (nSPS) is 10.6. The molecule has 7 heteroatoms. The molecule has 0 saturated heterocycles. The molecular weight excluding hydrogens is 304 g/mol. The van der Waals surface area contributed by atoms with E-state index in [0.717, 1.165) is 6.07 Å². The van der Waals surface area contributed by atoms with Gasteiger partial charge in [0.1, 0.15) is 23.8 Å². The predicted octanol–water partition coefficient (Wildman–Crippen LogP) is 3.67. The van der Waals surface area contributed by atoms with Crippen LogP contribution in [0.4, 0.5) is 20.3 Å². The van der Waals surface area contributed by atoms with Gasteiger partial charge in [0.2, 0.25) is 0 Å². The Morgan fingerprint density at radius 3 is 2.17 bits per heavy atom. The molecule has 0 radical (unpaired) electrons. The number of hydrogen-bond acceptors (Lipinski definition) is 5. The Balaban J connectivity index is 2.10. The van der Waals surface area contributed by atoms with E-state index in [2.05, 4.69) is 15.3 Å². The second-order valence-electron chi connectivity index (χ2n) is 4.73. The molecule has 3 aromatic rings. The zero-order valence-corrected chi connectivity index (χ0v) is 12.4. The van der Waals surface area contributed by atoms with Gasteiger partial charge in [0, 0.05) is 23.2 Å². The summed E-state index contributed by atoms with van der Waals surface area (Å²) in [6.45, 7) is 0. The zero-order valence-electron chi connectivity index (χ0n) is 12.4. The van der Waals surface area contributed by atoms with Crippen LogP contribution in [0.2, 0.25) is 0 Å². The lowest BCUT2D eigenvalue weighted by atomic mass is 10.2. The first kappa shape index (κ1) is 15.0. The maximum atomic E-state index is 13.3. The Hall–Kier alpha value is -2.96. The van der Waals surface area contributed by atoms with E-state index in [1.54, 1.807) is 12.1 Å². The van der Waals surface area contributed by atoms with Crippen LogP contribution in [0, 0.1) is 11.6 Å². The minimum absolute atomic E-state index is 0.247. The highest BCUT2D eigenvalue weighted by Crippen LogP contribution is 2.34. The van der Waals surface area contributed by atoms with Crippen LogP contribution >= 0.6 is 0 Å². The van der Waals surface area contributed by atoms with Gasteiger partial charge in [0.05, 0.1) is 19.7 Å². The summed E-state index contributed by atoms with van der Waals surface area (Å²) < 4.78 is 37.1. The number of aromatic nitrogens is 2. The number of nitrogens with one attached hydrogen (secondary N) is 1. The third kappa shape index (κ3) is 2.98. The van der Waals surface area contributed by atoms with Gasteiger partial charge in [0.15, 0.2) is 11.5 Å². The topological polar surface area (TPSA) is 56.3 Å². The smallest absolute Gasteiger partial charge is 0.162 e. The molecule has 0 atom stereocenters. The summed E-state index contributed by atoms with van der Waals surface area (Å²) in [5.74, 6) is 0.0842. The van der Waals surface area contributed by atoms with Crippen LogP contribution in [0.15, 0.2) is 36.7 Å². The van der Waals surface area contributed by atoms with Gasteiger partial charge in [-0.05, 0) is 18.2 Å². The van der Waals surface area contributed by atoms with Crippen molar-refractivity contribution in [1.29, 1.82) is 0 Å². The summed E-state index contributed by atoms with van der Waals surface area (Å²) in [5, 5.41) is 3.52. The molecule has 1 aromatic heterocycles. The molecule has 118 valence electrons. The average molecular weight is 317 g/mol. The fraction of sp³-hybridized carbons (Fsp3) is 0.125. The molecular formula is C16H13F2N3O2. The molecule has 1 N–H and O–H groups in total. The van der Waals surface area contributed by atoms with Crippen molar-refractivity contribution in [2.24, 2.45) is 0 Å². The van der Waals surface area contributed by atoms with Crippen molar-refractivity contribution in [1.82, 2.24) is 9.97 Å². The third-order valence-electron chi connectivity index (χ3n) is 3.27. The Morgan fingerprint density at radius 1 is 0.870 bits per heavy atom. The molecule has 0 bridgehead atoms. The lowest BCUT2D eigenvalue weighted by Gasteiger charge is -2.12. The van der Waals surface area contributed by atoms with Crippen molar-refractivity contribution in [3.63, 3.8) is 0 Å². The third-order valence-corrected chi connectivity index (χ3v) is 3.27. The number of rotatable bonds is 4. The van der Waals surface area contributed by atoms with E-state index in [0.29, 0.717) is 28.2 Å². The number of anilines is 2. The standard InChI is InChI=1S/C16H13F2N3O2/c1-22-14-6-12-13(7-15(14)23-2)19-8-20-16(12)21-11-4-9(17)3-10(18)5-11/h3-8H,1-2H3,(H,19,20,21). The number of halogens is 2. The number of methoxy groups -OCH3 is 2. The SMILES string of the molecule is COc1cc2ncnc(Nc3cc(F)cc(F)c3)c2cc1OC. The average Bonchev–Trinajstić information content (AvgIpc) is 2.53. The predicted molar refractivity (Wildman–Crippen MR) is 82.3 cm³/mol. The van der Waals surface area contributed by atoms with Gasteiger partial charge in [-0.1, -0.05) is 0 Å². The molecule has 1 heterocycles. The first-order valence-electron chi connectivity index (χ1n) is 6.70. The van der Waals surface area contributed by atoms with Crippen molar-refractivity contribution < 1.29 is 18.3 Å². The van der Waals surface area contributed by atoms with E-state index >= 15 is 0 Å². The summed E-state index contributed by atoms with van der Waals surface area (Å²) >= 11 is 0. The molecule has 0 fully saturated rings. The van der Waals surface area contributed by atoms with Crippen LogP contribution in [0.1, 0.15) is 0 Å². The highest BCUT2D eigenvalue weighted by molar-refractivity contribution is 5.93. The van der Waals surface area contributed by atoms with Crippen molar-refractivity contribution in [2.45, 2.75) is 0 Å². The molecule has 0 unspecified atom stereocenters. The summed E-state index contributed by atoms with van der Waals surface area (Å²) in [7, 11) is 3.04. The Morgan fingerprint density at radius 2 is 1.52 bits per heavy atom. The van der Waals surface area contributed by atoms with Crippen LogP contribution < -0.4 is 14.8 Å². The van der Waals surface area contributed by atoms with Crippen molar-refractivity contribution in [2.75, 3.05) is 19.5 Å². The Kier molecular flexibility index (Phi) is 3.92. The first-order chi connectivity index (χ1) is 11.1. The lowest BCUT2D eigenvalue weighted by Crippen LogP contribution is -1.98. The quantitative estimate of drug-likeness (QED) is 0.795. The van der Waals surface area contributed by atoms with E-state index in [-0.39, 0.29) is 5.69 Å².